The van der Waals surface area contributed by atoms with Crippen LogP contribution >= 0.6 is 27.5 Å². The zero-order chi connectivity index (χ0) is 15.2. The summed E-state index contributed by atoms with van der Waals surface area (Å²) >= 11 is 9.78. The average Bonchev–Trinajstić information content (AvgIpc) is 3.08. The van der Waals surface area contributed by atoms with Gasteiger partial charge in [-0.15, -0.1) is 0 Å². The van der Waals surface area contributed by atoms with Gasteiger partial charge in [-0.25, -0.2) is 4.98 Å². The number of aromatic nitrogens is 2. The summed E-state index contributed by atoms with van der Waals surface area (Å²) in [5.74, 6) is 0.222. The van der Waals surface area contributed by atoms with Crippen LogP contribution in [0.5, 0.6) is 0 Å². The molecule has 0 bridgehead atoms. The molecule has 0 N–H and O–H groups in total. The molecule has 2 fully saturated rings. The Morgan fingerprint density at radius 3 is 3.00 bits per heavy atom. The molecule has 1 aliphatic heterocycles. The molecule has 0 radical (unpaired) electrons. The van der Waals surface area contributed by atoms with Crippen LogP contribution < -0.4 is 0 Å². The van der Waals surface area contributed by atoms with Crippen molar-refractivity contribution in [3.63, 3.8) is 0 Å². The normalized spacial score (nSPS) is 24.4. The molecule has 1 aromatic heterocycles. The minimum atomic E-state index is -0.322. The van der Waals surface area contributed by atoms with Gasteiger partial charge in [0.1, 0.15) is 5.52 Å². The van der Waals surface area contributed by atoms with Crippen molar-refractivity contribution in [2.24, 2.45) is 5.92 Å². The Labute approximate surface area is 142 Å². The molecule has 6 heteroatoms. The second-order valence-corrected chi connectivity index (χ2v) is 7.55. The molecule has 1 unspecified atom stereocenters. The summed E-state index contributed by atoms with van der Waals surface area (Å²) in [5, 5.41) is 0.686. The van der Waals surface area contributed by atoms with Crippen molar-refractivity contribution < 1.29 is 9.47 Å². The van der Waals surface area contributed by atoms with E-state index in [2.05, 4.69) is 31.5 Å². The molecule has 1 saturated carbocycles. The Morgan fingerprint density at radius 1 is 1.36 bits per heavy atom. The Kier molecular flexibility index (Phi) is 3.93. The third kappa shape index (κ3) is 2.68. The van der Waals surface area contributed by atoms with Gasteiger partial charge in [-0.3, -0.25) is 0 Å². The summed E-state index contributed by atoms with van der Waals surface area (Å²) < 4.78 is 14.9. The fraction of sp³-hybridized carbons (Fsp3) is 0.562. The quantitative estimate of drug-likeness (QED) is 0.769. The number of fused-ring (bicyclic) bond motifs is 1. The molecule has 1 spiro atoms. The van der Waals surface area contributed by atoms with Crippen LogP contribution in [-0.4, -0.2) is 28.6 Å². The van der Waals surface area contributed by atoms with Crippen LogP contribution in [0.1, 0.15) is 25.7 Å². The van der Waals surface area contributed by atoms with Gasteiger partial charge in [0.25, 0.3) is 0 Å². The van der Waals surface area contributed by atoms with Gasteiger partial charge in [-0.1, -0.05) is 27.5 Å². The SMILES string of the molecule is Clc1cc(Br)cc2c1ncn2CC1CCCC2(C1)OCCO2. The highest BCUT2D eigenvalue weighted by Crippen LogP contribution is 2.39. The molecule has 118 valence electrons. The zero-order valence-electron chi connectivity index (χ0n) is 12.2. The number of ether oxygens (including phenoxy) is 2. The predicted molar refractivity (Wildman–Crippen MR) is 89.0 cm³/mol. The Hall–Kier alpha value is -0.620. The van der Waals surface area contributed by atoms with Gasteiger partial charge in [0.15, 0.2) is 5.79 Å². The van der Waals surface area contributed by atoms with Crippen LogP contribution in [-0.2, 0) is 16.0 Å². The number of benzene rings is 1. The van der Waals surface area contributed by atoms with Crippen LogP contribution in [0, 0.1) is 5.92 Å². The largest absolute Gasteiger partial charge is 0.348 e. The van der Waals surface area contributed by atoms with Gasteiger partial charge in [-0.05, 0) is 30.9 Å². The van der Waals surface area contributed by atoms with E-state index in [1.807, 2.05) is 12.4 Å². The minimum Gasteiger partial charge on any atom is -0.348 e. The summed E-state index contributed by atoms with van der Waals surface area (Å²) in [4.78, 5) is 4.46. The Bertz CT molecular complexity index is 697. The minimum absolute atomic E-state index is 0.322. The second-order valence-electron chi connectivity index (χ2n) is 6.22. The number of halogens is 2. The smallest absolute Gasteiger partial charge is 0.168 e. The summed E-state index contributed by atoms with van der Waals surface area (Å²) in [6, 6.07) is 3.96. The van der Waals surface area contributed by atoms with E-state index in [4.69, 9.17) is 21.1 Å². The van der Waals surface area contributed by atoms with E-state index in [-0.39, 0.29) is 5.79 Å². The van der Waals surface area contributed by atoms with Crippen molar-refractivity contribution in [1.82, 2.24) is 9.55 Å². The number of rotatable bonds is 2. The maximum Gasteiger partial charge on any atom is 0.168 e. The van der Waals surface area contributed by atoms with E-state index in [1.54, 1.807) is 0 Å². The molecule has 4 nitrogen and oxygen atoms in total. The lowest BCUT2D eigenvalue weighted by Crippen LogP contribution is -2.37. The second kappa shape index (κ2) is 5.78. The van der Waals surface area contributed by atoms with Crippen LogP contribution in [0.15, 0.2) is 22.9 Å². The summed E-state index contributed by atoms with van der Waals surface area (Å²) in [6.45, 7) is 2.38. The third-order valence-electron chi connectivity index (χ3n) is 4.68. The van der Waals surface area contributed by atoms with Gasteiger partial charge in [-0.2, -0.15) is 0 Å². The highest BCUT2D eigenvalue weighted by Gasteiger charge is 2.41. The topological polar surface area (TPSA) is 36.3 Å². The summed E-state index contributed by atoms with van der Waals surface area (Å²) in [6.07, 6.45) is 6.23. The lowest BCUT2D eigenvalue weighted by Gasteiger charge is -2.36. The molecule has 1 saturated heterocycles. The van der Waals surface area contributed by atoms with E-state index in [0.717, 1.165) is 54.5 Å². The molecule has 2 heterocycles. The van der Waals surface area contributed by atoms with E-state index >= 15 is 0 Å². The number of hydrogen-bond acceptors (Lipinski definition) is 3. The van der Waals surface area contributed by atoms with Gasteiger partial charge in [0, 0.05) is 23.9 Å². The fourth-order valence-electron chi connectivity index (χ4n) is 3.73. The molecule has 0 amide bonds. The molecule has 22 heavy (non-hydrogen) atoms. The molecular weight excluding hydrogens is 368 g/mol. The maximum absolute atomic E-state index is 6.27. The lowest BCUT2D eigenvalue weighted by molar-refractivity contribution is -0.187. The molecule has 2 aliphatic rings. The lowest BCUT2D eigenvalue weighted by atomic mass is 9.84. The Balaban J connectivity index is 1.58. The Morgan fingerprint density at radius 2 is 2.18 bits per heavy atom. The van der Waals surface area contributed by atoms with Crippen LogP contribution in [0.25, 0.3) is 11.0 Å². The molecular formula is C16H18BrClN2O2. The highest BCUT2D eigenvalue weighted by molar-refractivity contribution is 9.10. The fourth-order valence-corrected chi connectivity index (χ4v) is 4.57. The molecule has 1 aliphatic carbocycles. The molecule has 1 atom stereocenters. The predicted octanol–water partition coefficient (Wildman–Crippen LogP) is 4.39. The van der Waals surface area contributed by atoms with Gasteiger partial charge in [0.05, 0.1) is 30.1 Å². The average molecular weight is 386 g/mol. The maximum atomic E-state index is 6.27. The van der Waals surface area contributed by atoms with Crippen molar-refractivity contribution in [2.75, 3.05) is 13.2 Å². The monoisotopic (exact) mass is 384 g/mol. The van der Waals surface area contributed by atoms with Crippen molar-refractivity contribution in [1.29, 1.82) is 0 Å². The van der Waals surface area contributed by atoms with Gasteiger partial charge in [0.2, 0.25) is 0 Å². The summed E-state index contributed by atoms with van der Waals surface area (Å²) in [5.41, 5.74) is 1.94. The number of hydrogen-bond donors (Lipinski definition) is 0. The zero-order valence-corrected chi connectivity index (χ0v) is 14.6. The van der Waals surface area contributed by atoms with Crippen LogP contribution in [0.3, 0.4) is 0 Å². The highest BCUT2D eigenvalue weighted by atomic mass is 79.9. The number of nitrogens with zero attached hydrogens (tertiary/aromatic N) is 2. The van der Waals surface area contributed by atoms with E-state index in [1.165, 1.54) is 6.42 Å². The van der Waals surface area contributed by atoms with E-state index in [9.17, 15) is 0 Å². The first-order chi connectivity index (χ1) is 10.7. The number of imidazole rings is 1. The van der Waals surface area contributed by atoms with Crippen molar-refractivity contribution in [2.45, 2.75) is 38.0 Å². The van der Waals surface area contributed by atoms with Crippen LogP contribution in [0.2, 0.25) is 5.02 Å². The van der Waals surface area contributed by atoms with Gasteiger partial charge >= 0.3 is 0 Å². The van der Waals surface area contributed by atoms with Crippen LogP contribution in [0.4, 0.5) is 0 Å². The third-order valence-corrected chi connectivity index (χ3v) is 5.43. The summed E-state index contributed by atoms with van der Waals surface area (Å²) in [7, 11) is 0. The van der Waals surface area contributed by atoms with E-state index < -0.39 is 0 Å². The molecule has 4 rings (SSSR count). The first-order valence-electron chi connectivity index (χ1n) is 7.73. The first kappa shape index (κ1) is 14.9. The van der Waals surface area contributed by atoms with Crippen molar-refractivity contribution in [3.05, 3.63) is 28.0 Å². The molecule has 1 aromatic carbocycles. The van der Waals surface area contributed by atoms with Crippen molar-refractivity contribution >= 4 is 38.6 Å². The van der Waals surface area contributed by atoms with Gasteiger partial charge < -0.3 is 14.0 Å². The first-order valence-corrected chi connectivity index (χ1v) is 8.90. The molecule has 2 aromatic rings. The van der Waals surface area contributed by atoms with E-state index in [0.29, 0.717) is 10.9 Å². The standard InChI is InChI=1S/C16H18BrClN2O2/c17-12-6-13(18)15-14(7-12)20(10-19-15)9-11-2-1-3-16(8-11)21-4-5-22-16/h6-7,10-11H,1-5,8-9H2. The van der Waals surface area contributed by atoms with Crippen molar-refractivity contribution in [3.8, 4) is 0 Å².